The van der Waals surface area contributed by atoms with Crippen molar-refractivity contribution in [3.63, 3.8) is 0 Å². The SMILES string of the molecule is CCCc1ccccc1.C[NH3+]. The fourth-order valence-electron chi connectivity index (χ4n) is 0.933. The zero-order valence-corrected chi connectivity index (χ0v) is 7.51. The molecular formula is C10H18N+. The normalized spacial score (nSPS) is 8.27. The highest BCUT2D eigenvalue weighted by Crippen LogP contribution is 2.00. The lowest BCUT2D eigenvalue weighted by atomic mass is 10.1. The molecule has 0 amide bonds. The van der Waals surface area contributed by atoms with Gasteiger partial charge in [-0.15, -0.1) is 0 Å². The topological polar surface area (TPSA) is 27.6 Å². The van der Waals surface area contributed by atoms with Crippen LogP contribution >= 0.6 is 0 Å². The first-order valence-electron chi connectivity index (χ1n) is 4.18. The van der Waals surface area contributed by atoms with Gasteiger partial charge in [0.05, 0.1) is 7.05 Å². The van der Waals surface area contributed by atoms with Gasteiger partial charge in [0.1, 0.15) is 0 Å². The van der Waals surface area contributed by atoms with Crippen molar-refractivity contribution >= 4 is 0 Å². The third-order valence-electron chi connectivity index (χ3n) is 1.38. The fourth-order valence-corrected chi connectivity index (χ4v) is 0.933. The Labute approximate surface area is 69.2 Å². The van der Waals surface area contributed by atoms with Crippen LogP contribution in [-0.2, 0) is 6.42 Å². The van der Waals surface area contributed by atoms with E-state index in [4.69, 9.17) is 0 Å². The molecule has 1 heteroatoms. The van der Waals surface area contributed by atoms with Crippen LogP contribution in [0.2, 0.25) is 0 Å². The number of aryl methyl sites for hydroxylation is 1. The Kier molecular flexibility index (Phi) is 6.75. The standard InChI is InChI=1S/C9H12.CH5N/c1-2-6-9-7-4-3-5-8-9;1-2/h3-5,7-8H,2,6H2,1H3;2H2,1H3/p+1. The van der Waals surface area contributed by atoms with Gasteiger partial charge in [0.25, 0.3) is 0 Å². The van der Waals surface area contributed by atoms with E-state index in [-0.39, 0.29) is 0 Å². The van der Waals surface area contributed by atoms with Gasteiger partial charge in [-0.1, -0.05) is 43.7 Å². The van der Waals surface area contributed by atoms with Crippen LogP contribution < -0.4 is 5.73 Å². The molecule has 11 heavy (non-hydrogen) atoms. The van der Waals surface area contributed by atoms with Crippen molar-refractivity contribution < 1.29 is 5.73 Å². The van der Waals surface area contributed by atoms with Crippen molar-refractivity contribution in [2.24, 2.45) is 0 Å². The molecule has 0 aromatic heterocycles. The van der Waals surface area contributed by atoms with Crippen LogP contribution in [0.5, 0.6) is 0 Å². The minimum Gasteiger partial charge on any atom is -0.360 e. The Morgan fingerprint density at radius 3 is 2.09 bits per heavy atom. The maximum Gasteiger partial charge on any atom is 0.0634 e. The Bertz CT molecular complexity index is 158. The predicted molar refractivity (Wildman–Crippen MR) is 49.2 cm³/mol. The maximum absolute atomic E-state index is 3.25. The molecule has 0 aliphatic heterocycles. The average molecular weight is 152 g/mol. The van der Waals surface area contributed by atoms with E-state index < -0.39 is 0 Å². The fraction of sp³-hybridized carbons (Fsp3) is 0.400. The summed E-state index contributed by atoms with van der Waals surface area (Å²) in [5, 5.41) is 0. The summed E-state index contributed by atoms with van der Waals surface area (Å²) < 4.78 is 0. The third kappa shape index (κ3) is 4.57. The van der Waals surface area contributed by atoms with Gasteiger partial charge in [0.2, 0.25) is 0 Å². The molecule has 0 aliphatic carbocycles. The molecular weight excluding hydrogens is 134 g/mol. The first kappa shape index (κ1) is 10.2. The van der Waals surface area contributed by atoms with Crippen molar-refractivity contribution in [1.29, 1.82) is 0 Å². The number of rotatable bonds is 2. The second-order valence-electron chi connectivity index (χ2n) is 2.24. The Hall–Kier alpha value is -0.820. The van der Waals surface area contributed by atoms with Crippen molar-refractivity contribution in [2.75, 3.05) is 7.05 Å². The van der Waals surface area contributed by atoms with Gasteiger partial charge < -0.3 is 5.73 Å². The second-order valence-corrected chi connectivity index (χ2v) is 2.24. The Morgan fingerprint density at radius 2 is 1.64 bits per heavy atom. The van der Waals surface area contributed by atoms with Gasteiger partial charge in [-0.25, -0.2) is 0 Å². The smallest absolute Gasteiger partial charge is 0.0634 e. The van der Waals surface area contributed by atoms with Crippen molar-refractivity contribution in [3.05, 3.63) is 35.9 Å². The van der Waals surface area contributed by atoms with E-state index in [0.717, 1.165) is 0 Å². The summed E-state index contributed by atoms with van der Waals surface area (Å²) in [6.45, 7) is 2.20. The molecule has 0 atom stereocenters. The zero-order valence-electron chi connectivity index (χ0n) is 7.51. The zero-order chi connectivity index (χ0) is 8.53. The molecule has 0 saturated carbocycles. The summed E-state index contributed by atoms with van der Waals surface area (Å²) in [4.78, 5) is 0. The van der Waals surface area contributed by atoms with Crippen LogP contribution in [0.1, 0.15) is 18.9 Å². The van der Waals surface area contributed by atoms with Gasteiger partial charge in [0, 0.05) is 0 Å². The monoisotopic (exact) mass is 152 g/mol. The van der Waals surface area contributed by atoms with Crippen molar-refractivity contribution in [2.45, 2.75) is 19.8 Å². The molecule has 0 bridgehead atoms. The highest BCUT2D eigenvalue weighted by atomic mass is 14.4. The first-order chi connectivity index (χ1) is 5.43. The van der Waals surface area contributed by atoms with E-state index >= 15 is 0 Å². The second kappa shape index (κ2) is 7.29. The van der Waals surface area contributed by atoms with E-state index in [2.05, 4.69) is 43.0 Å². The maximum atomic E-state index is 3.25. The van der Waals surface area contributed by atoms with Crippen LogP contribution in [0.4, 0.5) is 0 Å². The summed E-state index contributed by atoms with van der Waals surface area (Å²) in [5.74, 6) is 0. The summed E-state index contributed by atoms with van der Waals surface area (Å²) in [6.07, 6.45) is 2.45. The molecule has 0 spiro atoms. The van der Waals surface area contributed by atoms with Gasteiger partial charge in [-0.2, -0.15) is 0 Å². The molecule has 0 radical (unpaired) electrons. The van der Waals surface area contributed by atoms with Crippen LogP contribution in [0, 0.1) is 0 Å². The van der Waals surface area contributed by atoms with Crippen molar-refractivity contribution in [1.82, 2.24) is 0 Å². The largest absolute Gasteiger partial charge is 0.360 e. The molecule has 0 aliphatic rings. The lowest BCUT2D eigenvalue weighted by molar-refractivity contribution is -0.325. The quantitative estimate of drug-likeness (QED) is 0.665. The highest BCUT2D eigenvalue weighted by molar-refractivity contribution is 5.14. The minimum absolute atomic E-state index is 1.21. The van der Waals surface area contributed by atoms with Crippen LogP contribution in [0.3, 0.4) is 0 Å². The Balaban J connectivity index is 0.000000461. The van der Waals surface area contributed by atoms with E-state index in [0.29, 0.717) is 0 Å². The predicted octanol–water partition coefficient (Wildman–Crippen LogP) is 1.50. The molecule has 0 saturated heterocycles. The van der Waals surface area contributed by atoms with E-state index in [1.54, 1.807) is 7.05 Å². The molecule has 1 aromatic rings. The molecule has 0 fully saturated rings. The molecule has 3 N–H and O–H groups in total. The third-order valence-corrected chi connectivity index (χ3v) is 1.38. The van der Waals surface area contributed by atoms with E-state index in [9.17, 15) is 0 Å². The first-order valence-corrected chi connectivity index (χ1v) is 4.18. The van der Waals surface area contributed by atoms with Gasteiger partial charge in [-0.3, -0.25) is 0 Å². The van der Waals surface area contributed by atoms with E-state index in [1.165, 1.54) is 18.4 Å². The van der Waals surface area contributed by atoms with Gasteiger partial charge >= 0.3 is 0 Å². The summed E-state index contributed by atoms with van der Waals surface area (Å²) in [5.41, 5.74) is 4.69. The average Bonchev–Trinajstić information content (AvgIpc) is 2.11. The van der Waals surface area contributed by atoms with Crippen LogP contribution in [0.25, 0.3) is 0 Å². The van der Waals surface area contributed by atoms with Crippen LogP contribution in [0.15, 0.2) is 30.3 Å². The number of quaternary nitrogens is 1. The minimum atomic E-state index is 1.21. The highest BCUT2D eigenvalue weighted by Gasteiger charge is 1.84. The molecule has 62 valence electrons. The van der Waals surface area contributed by atoms with Crippen LogP contribution in [-0.4, -0.2) is 7.05 Å². The summed E-state index contributed by atoms with van der Waals surface area (Å²) in [6, 6.07) is 10.6. The lowest BCUT2D eigenvalue weighted by Gasteiger charge is -1.93. The lowest BCUT2D eigenvalue weighted by Crippen LogP contribution is -2.40. The van der Waals surface area contributed by atoms with Crippen molar-refractivity contribution in [3.8, 4) is 0 Å². The molecule has 0 unspecified atom stereocenters. The van der Waals surface area contributed by atoms with E-state index in [1.807, 2.05) is 0 Å². The Morgan fingerprint density at radius 1 is 1.09 bits per heavy atom. The number of hydrogen-bond acceptors (Lipinski definition) is 0. The molecule has 0 heterocycles. The van der Waals surface area contributed by atoms with Gasteiger partial charge in [0.15, 0.2) is 0 Å². The van der Waals surface area contributed by atoms with Gasteiger partial charge in [-0.05, 0) is 12.0 Å². The molecule has 1 rings (SSSR count). The summed E-state index contributed by atoms with van der Waals surface area (Å²) in [7, 11) is 1.75. The number of benzene rings is 1. The molecule has 1 nitrogen and oxygen atoms in total. The number of hydrogen-bond donors (Lipinski definition) is 1. The molecule has 1 aromatic carbocycles. The summed E-state index contributed by atoms with van der Waals surface area (Å²) >= 11 is 0.